The van der Waals surface area contributed by atoms with Crippen LogP contribution in [-0.2, 0) is 4.74 Å². The number of phenols is 2. The van der Waals surface area contributed by atoms with Gasteiger partial charge in [0.1, 0.15) is 6.10 Å². The summed E-state index contributed by atoms with van der Waals surface area (Å²) in [5.41, 5.74) is 2.74. The highest BCUT2D eigenvalue weighted by Crippen LogP contribution is 2.49. The SMILES string of the molecule is C=C1C(c2ccc(O)c(OC)c2)OC(c2ccc(O)c(OC)c2)C1C. The average Bonchev–Trinajstić information content (AvgIpc) is 2.91. The quantitative estimate of drug-likeness (QED) is 0.818. The highest BCUT2D eigenvalue weighted by Gasteiger charge is 2.38. The molecule has 25 heavy (non-hydrogen) atoms. The van der Waals surface area contributed by atoms with Crippen molar-refractivity contribution < 1.29 is 24.4 Å². The lowest BCUT2D eigenvalue weighted by Crippen LogP contribution is -2.04. The van der Waals surface area contributed by atoms with Crippen molar-refractivity contribution in [2.24, 2.45) is 5.92 Å². The van der Waals surface area contributed by atoms with E-state index in [1.807, 2.05) is 6.07 Å². The van der Waals surface area contributed by atoms with Gasteiger partial charge in [-0.2, -0.15) is 0 Å². The van der Waals surface area contributed by atoms with Crippen LogP contribution in [0.3, 0.4) is 0 Å². The van der Waals surface area contributed by atoms with E-state index in [0.29, 0.717) is 11.5 Å². The number of methoxy groups -OCH3 is 2. The third-order valence-corrected chi connectivity index (χ3v) is 4.70. The van der Waals surface area contributed by atoms with Crippen LogP contribution in [0.4, 0.5) is 0 Å². The summed E-state index contributed by atoms with van der Waals surface area (Å²) < 4.78 is 16.6. The lowest BCUT2D eigenvalue weighted by molar-refractivity contribution is 0.0387. The number of aromatic hydroxyl groups is 2. The number of ether oxygens (including phenoxy) is 3. The van der Waals surface area contributed by atoms with E-state index in [0.717, 1.165) is 16.7 Å². The normalized spacial score (nSPS) is 22.8. The molecule has 0 amide bonds. The Hall–Kier alpha value is -2.66. The lowest BCUT2D eigenvalue weighted by atomic mass is 9.90. The first-order valence-electron chi connectivity index (χ1n) is 8.04. The molecular weight excluding hydrogens is 320 g/mol. The van der Waals surface area contributed by atoms with Gasteiger partial charge in [-0.1, -0.05) is 25.6 Å². The summed E-state index contributed by atoms with van der Waals surface area (Å²) in [5, 5.41) is 19.6. The van der Waals surface area contributed by atoms with Gasteiger partial charge in [0.15, 0.2) is 23.0 Å². The second-order valence-corrected chi connectivity index (χ2v) is 6.16. The Labute approximate surface area is 147 Å². The molecule has 3 rings (SSSR count). The van der Waals surface area contributed by atoms with Crippen molar-refractivity contribution in [1.29, 1.82) is 0 Å². The summed E-state index contributed by atoms with van der Waals surface area (Å²) in [5.74, 6) is 1.07. The van der Waals surface area contributed by atoms with Crippen LogP contribution >= 0.6 is 0 Å². The second kappa shape index (κ2) is 6.69. The molecule has 2 N–H and O–H groups in total. The second-order valence-electron chi connectivity index (χ2n) is 6.16. The van der Waals surface area contributed by atoms with Crippen molar-refractivity contribution in [3.05, 3.63) is 59.7 Å². The van der Waals surface area contributed by atoms with E-state index in [4.69, 9.17) is 14.2 Å². The van der Waals surface area contributed by atoms with Gasteiger partial charge in [0, 0.05) is 5.92 Å². The molecule has 0 spiro atoms. The van der Waals surface area contributed by atoms with Crippen LogP contribution in [0.1, 0.15) is 30.3 Å². The highest BCUT2D eigenvalue weighted by atomic mass is 16.5. The minimum Gasteiger partial charge on any atom is -0.504 e. The predicted octanol–water partition coefficient (Wildman–Crippen LogP) is 4.12. The van der Waals surface area contributed by atoms with E-state index in [1.165, 1.54) is 14.2 Å². The molecule has 0 radical (unpaired) electrons. The van der Waals surface area contributed by atoms with E-state index < -0.39 is 0 Å². The van der Waals surface area contributed by atoms with E-state index in [2.05, 4.69) is 13.5 Å². The van der Waals surface area contributed by atoms with Gasteiger partial charge in [0.2, 0.25) is 0 Å². The summed E-state index contributed by atoms with van der Waals surface area (Å²) in [7, 11) is 3.03. The molecule has 5 nitrogen and oxygen atoms in total. The molecule has 1 saturated heterocycles. The van der Waals surface area contributed by atoms with Crippen molar-refractivity contribution in [2.75, 3.05) is 14.2 Å². The fourth-order valence-electron chi connectivity index (χ4n) is 3.17. The van der Waals surface area contributed by atoms with Crippen LogP contribution in [0.25, 0.3) is 0 Å². The standard InChI is InChI=1S/C20H22O5/c1-11-12(2)20(14-6-8-16(22)18(10-14)24-4)25-19(11)13-5-7-15(21)17(9-13)23-3/h5-10,12,19-22H,1H2,2-4H3. The van der Waals surface area contributed by atoms with Crippen LogP contribution < -0.4 is 9.47 Å². The Morgan fingerprint density at radius 1 is 0.920 bits per heavy atom. The molecule has 2 aromatic rings. The monoisotopic (exact) mass is 342 g/mol. The molecule has 0 aliphatic carbocycles. The zero-order valence-corrected chi connectivity index (χ0v) is 14.5. The Kier molecular flexibility index (Phi) is 4.59. The zero-order valence-electron chi connectivity index (χ0n) is 14.5. The minimum absolute atomic E-state index is 0.0825. The third kappa shape index (κ3) is 3.03. The third-order valence-electron chi connectivity index (χ3n) is 4.70. The van der Waals surface area contributed by atoms with Gasteiger partial charge in [-0.25, -0.2) is 0 Å². The minimum atomic E-state index is -0.297. The molecule has 3 atom stereocenters. The number of phenolic OH excluding ortho intramolecular Hbond substituents is 2. The topological polar surface area (TPSA) is 68.2 Å². The molecule has 0 aromatic heterocycles. The Morgan fingerprint density at radius 3 is 2.00 bits per heavy atom. The fourth-order valence-corrected chi connectivity index (χ4v) is 3.17. The van der Waals surface area contributed by atoms with E-state index in [-0.39, 0.29) is 29.6 Å². The summed E-state index contributed by atoms with van der Waals surface area (Å²) >= 11 is 0. The van der Waals surface area contributed by atoms with Gasteiger partial charge in [0.25, 0.3) is 0 Å². The lowest BCUT2D eigenvalue weighted by Gasteiger charge is -2.17. The van der Waals surface area contributed by atoms with Crippen LogP contribution in [0.15, 0.2) is 48.6 Å². The average molecular weight is 342 g/mol. The van der Waals surface area contributed by atoms with E-state index in [1.54, 1.807) is 30.3 Å². The molecule has 5 heteroatoms. The fraction of sp³-hybridized carbons (Fsp3) is 0.300. The Morgan fingerprint density at radius 2 is 1.44 bits per heavy atom. The van der Waals surface area contributed by atoms with Crippen molar-refractivity contribution >= 4 is 0 Å². The number of benzene rings is 2. The van der Waals surface area contributed by atoms with Gasteiger partial charge in [0.05, 0.1) is 20.3 Å². The van der Waals surface area contributed by atoms with Gasteiger partial charge < -0.3 is 24.4 Å². The number of hydrogen-bond donors (Lipinski definition) is 2. The molecule has 3 unspecified atom stereocenters. The van der Waals surface area contributed by atoms with E-state index >= 15 is 0 Å². The van der Waals surface area contributed by atoms with Crippen molar-refractivity contribution in [2.45, 2.75) is 19.1 Å². The zero-order chi connectivity index (χ0) is 18.1. The number of hydrogen-bond acceptors (Lipinski definition) is 5. The van der Waals surface area contributed by atoms with Gasteiger partial charge >= 0.3 is 0 Å². The first kappa shape index (κ1) is 17.2. The van der Waals surface area contributed by atoms with Crippen molar-refractivity contribution in [1.82, 2.24) is 0 Å². The van der Waals surface area contributed by atoms with Crippen LogP contribution in [0.5, 0.6) is 23.0 Å². The van der Waals surface area contributed by atoms with Crippen molar-refractivity contribution in [3.8, 4) is 23.0 Å². The Bertz CT molecular complexity index is 799. The summed E-state index contributed by atoms with van der Waals surface area (Å²) in [6, 6.07) is 10.4. The molecule has 2 aromatic carbocycles. The molecule has 1 fully saturated rings. The summed E-state index contributed by atoms with van der Waals surface area (Å²) in [6.07, 6.45) is -0.499. The molecule has 1 heterocycles. The molecule has 0 bridgehead atoms. The van der Waals surface area contributed by atoms with Gasteiger partial charge in [-0.05, 0) is 41.0 Å². The molecule has 1 aliphatic rings. The maximum Gasteiger partial charge on any atom is 0.160 e. The van der Waals surface area contributed by atoms with Crippen LogP contribution in [-0.4, -0.2) is 24.4 Å². The van der Waals surface area contributed by atoms with Crippen molar-refractivity contribution in [3.63, 3.8) is 0 Å². The highest BCUT2D eigenvalue weighted by molar-refractivity contribution is 5.46. The molecule has 132 valence electrons. The summed E-state index contributed by atoms with van der Waals surface area (Å²) in [4.78, 5) is 0. The molecule has 0 saturated carbocycles. The predicted molar refractivity (Wildman–Crippen MR) is 94.2 cm³/mol. The largest absolute Gasteiger partial charge is 0.504 e. The number of rotatable bonds is 4. The van der Waals surface area contributed by atoms with Crippen LogP contribution in [0.2, 0.25) is 0 Å². The molecule has 1 aliphatic heterocycles. The van der Waals surface area contributed by atoms with E-state index in [9.17, 15) is 10.2 Å². The maximum absolute atomic E-state index is 9.79. The van der Waals surface area contributed by atoms with Gasteiger partial charge in [-0.15, -0.1) is 0 Å². The van der Waals surface area contributed by atoms with Crippen LogP contribution in [0, 0.1) is 5.92 Å². The Balaban J connectivity index is 1.92. The maximum atomic E-state index is 9.79. The smallest absolute Gasteiger partial charge is 0.160 e. The van der Waals surface area contributed by atoms with Gasteiger partial charge in [-0.3, -0.25) is 0 Å². The molecular formula is C20H22O5. The first-order valence-corrected chi connectivity index (χ1v) is 8.04. The summed E-state index contributed by atoms with van der Waals surface area (Å²) in [6.45, 7) is 6.26. The first-order chi connectivity index (χ1) is 12.0.